The fourth-order valence-corrected chi connectivity index (χ4v) is 2.61. The van der Waals surface area contributed by atoms with Gasteiger partial charge >= 0.3 is 0 Å². The van der Waals surface area contributed by atoms with E-state index in [1.807, 2.05) is 6.07 Å². The largest absolute Gasteiger partial charge is 0.320 e. The first-order valence-electron chi connectivity index (χ1n) is 4.30. The van der Waals surface area contributed by atoms with Gasteiger partial charge in [-0.1, -0.05) is 12.1 Å². The number of hydrogen-bond acceptors (Lipinski definition) is 2. The van der Waals surface area contributed by atoms with E-state index in [-0.39, 0.29) is 18.4 Å². The first kappa shape index (κ1) is 13.0. The van der Waals surface area contributed by atoms with Crippen molar-refractivity contribution in [1.82, 2.24) is 0 Å². The zero-order valence-electron chi connectivity index (χ0n) is 7.89. The maximum atomic E-state index is 6.13. The molecule has 0 aliphatic heterocycles. The molecule has 1 nitrogen and oxygen atoms in total. The van der Waals surface area contributed by atoms with Gasteiger partial charge in [-0.25, -0.2) is 0 Å². The number of thiophene rings is 1. The van der Waals surface area contributed by atoms with Crippen molar-refractivity contribution in [2.45, 2.75) is 6.04 Å². The molecule has 15 heavy (non-hydrogen) atoms. The Bertz CT molecular complexity index is 416. The number of hydrogen-bond donors (Lipinski definition) is 1. The Balaban J connectivity index is 0.00000112. The van der Waals surface area contributed by atoms with Crippen LogP contribution in [0.25, 0.3) is 0 Å². The molecule has 0 fully saturated rings. The van der Waals surface area contributed by atoms with Crippen LogP contribution in [0.5, 0.6) is 0 Å². The van der Waals surface area contributed by atoms with Crippen LogP contribution >= 0.6 is 46.3 Å². The van der Waals surface area contributed by atoms with Crippen molar-refractivity contribution in [3.05, 3.63) is 55.8 Å². The molecule has 0 amide bonds. The lowest BCUT2D eigenvalue weighted by molar-refractivity contribution is 0.876. The van der Waals surface area contributed by atoms with Crippen LogP contribution in [0, 0.1) is 3.57 Å². The Hall–Kier alpha value is -0.100. The Morgan fingerprint density at radius 2 is 2.00 bits per heavy atom. The summed E-state index contributed by atoms with van der Waals surface area (Å²) in [7, 11) is 0. The fraction of sp³-hybridized carbons (Fsp3) is 0.0909. The van der Waals surface area contributed by atoms with Gasteiger partial charge in [0.15, 0.2) is 0 Å². The molecule has 2 rings (SSSR count). The SMILES string of the molecule is Cl.N[C@@H](c1ccsc1)c1cccc(I)c1. The number of nitrogens with two attached hydrogens (primary N) is 1. The quantitative estimate of drug-likeness (QED) is 0.818. The number of benzene rings is 1. The molecule has 2 aromatic rings. The Labute approximate surface area is 113 Å². The second kappa shape index (κ2) is 5.84. The van der Waals surface area contributed by atoms with E-state index >= 15 is 0 Å². The highest BCUT2D eigenvalue weighted by Gasteiger charge is 2.08. The molecule has 2 N–H and O–H groups in total. The van der Waals surface area contributed by atoms with Crippen molar-refractivity contribution in [1.29, 1.82) is 0 Å². The number of rotatable bonds is 2. The van der Waals surface area contributed by atoms with E-state index in [1.54, 1.807) is 11.3 Å². The molecule has 4 heteroatoms. The maximum Gasteiger partial charge on any atom is 0.0560 e. The van der Waals surface area contributed by atoms with Gasteiger partial charge in [0.1, 0.15) is 0 Å². The summed E-state index contributed by atoms with van der Waals surface area (Å²) < 4.78 is 1.23. The van der Waals surface area contributed by atoms with Gasteiger partial charge in [-0.3, -0.25) is 0 Å². The zero-order valence-corrected chi connectivity index (χ0v) is 11.7. The molecule has 1 heterocycles. The molecule has 0 spiro atoms. The second-order valence-corrected chi connectivity index (χ2v) is 5.12. The second-order valence-electron chi connectivity index (χ2n) is 3.09. The summed E-state index contributed by atoms with van der Waals surface area (Å²) in [6.07, 6.45) is 0. The van der Waals surface area contributed by atoms with Crippen LogP contribution in [0.2, 0.25) is 0 Å². The molecule has 80 valence electrons. The van der Waals surface area contributed by atoms with Crippen LogP contribution in [0.15, 0.2) is 41.1 Å². The molecule has 0 saturated heterocycles. The summed E-state index contributed by atoms with van der Waals surface area (Å²) in [6, 6.07) is 10.4. The molecule has 1 aromatic carbocycles. The predicted molar refractivity (Wildman–Crippen MR) is 76.8 cm³/mol. The van der Waals surface area contributed by atoms with Crippen molar-refractivity contribution in [2.75, 3.05) is 0 Å². The van der Waals surface area contributed by atoms with Gasteiger partial charge in [0.2, 0.25) is 0 Å². The zero-order chi connectivity index (χ0) is 9.97. The normalized spacial score (nSPS) is 11.9. The summed E-state index contributed by atoms with van der Waals surface area (Å²) in [5.41, 5.74) is 8.50. The van der Waals surface area contributed by atoms with Crippen molar-refractivity contribution in [2.24, 2.45) is 5.73 Å². The first-order valence-corrected chi connectivity index (χ1v) is 6.32. The van der Waals surface area contributed by atoms with Gasteiger partial charge in [-0.05, 0) is 62.7 Å². The van der Waals surface area contributed by atoms with Gasteiger partial charge in [0.25, 0.3) is 0 Å². The monoisotopic (exact) mass is 351 g/mol. The Morgan fingerprint density at radius 1 is 1.20 bits per heavy atom. The molecular weight excluding hydrogens is 341 g/mol. The van der Waals surface area contributed by atoms with Crippen molar-refractivity contribution >= 4 is 46.3 Å². The molecule has 0 saturated carbocycles. The Kier molecular flexibility index (Phi) is 5.05. The van der Waals surface area contributed by atoms with E-state index in [2.05, 4.69) is 57.6 Å². The summed E-state index contributed by atoms with van der Waals surface area (Å²) in [6.45, 7) is 0. The van der Waals surface area contributed by atoms with E-state index < -0.39 is 0 Å². The molecule has 1 aromatic heterocycles. The van der Waals surface area contributed by atoms with Crippen LogP contribution in [0.1, 0.15) is 17.2 Å². The summed E-state index contributed by atoms with van der Waals surface area (Å²) in [5.74, 6) is 0. The number of halogens is 2. The molecule has 0 unspecified atom stereocenters. The van der Waals surface area contributed by atoms with Gasteiger partial charge < -0.3 is 5.73 Å². The van der Waals surface area contributed by atoms with E-state index in [4.69, 9.17) is 5.73 Å². The molecule has 0 radical (unpaired) electrons. The van der Waals surface area contributed by atoms with Gasteiger partial charge in [-0.15, -0.1) is 12.4 Å². The van der Waals surface area contributed by atoms with Crippen LogP contribution in [-0.4, -0.2) is 0 Å². The lowest BCUT2D eigenvalue weighted by Crippen LogP contribution is -2.10. The average molecular weight is 352 g/mol. The van der Waals surface area contributed by atoms with Gasteiger partial charge in [0, 0.05) is 3.57 Å². The molecular formula is C11H11ClINS. The molecule has 1 atom stereocenters. The van der Waals surface area contributed by atoms with Crippen LogP contribution in [-0.2, 0) is 0 Å². The molecule has 0 aliphatic rings. The highest BCUT2D eigenvalue weighted by molar-refractivity contribution is 14.1. The van der Waals surface area contributed by atoms with E-state index in [1.165, 1.54) is 14.7 Å². The molecule has 0 bridgehead atoms. The van der Waals surface area contributed by atoms with Crippen LogP contribution < -0.4 is 5.73 Å². The third kappa shape index (κ3) is 3.17. The highest BCUT2D eigenvalue weighted by atomic mass is 127. The van der Waals surface area contributed by atoms with Gasteiger partial charge in [-0.2, -0.15) is 11.3 Å². The summed E-state index contributed by atoms with van der Waals surface area (Å²) >= 11 is 3.99. The summed E-state index contributed by atoms with van der Waals surface area (Å²) in [5, 5.41) is 4.16. The van der Waals surface area contributed by atoms with E-state index in [0.717, 1.165) is 0 Å². The fourth-order valence-electron chi connectivity index (χ4n) is 1.34. The minimum atomic E-state index is 0. The lowest BCUT2D eigenvalue weighted by atomic mass is 10.0. The minimum absolute atomic E-state index is 0. The predicted octanol–water partition coefficient (Wildman–Crippen LogP) is 3.82. The third-order valence-electron chi connectivity index (χ3n) is 2.11. The minimum Gasteiger partial charge on any atom is -0.320 e. The van der Waals surface area contributed by atoms with E-state index in [0.29, 0.717) is 0 Å². The van der Waals surface area contributed by atoms with Crippen LogP contribution in [0.3, 0.4) is 0 Å². The summed E-state index contributed by atoms with van der Waals surface area (Å²) in [4.78, 5) is 0. The Morgan fingerprint density at radius 3 is 2.60 bits per heavy atom. The first-order chi connectivity index (χ1) is 6.77. The van der Waals surface area contributed by atoms with Crippen molar-refractivity contribution in [3.63, 3.8) is 0 Å². The highest BCUT2D eigenvalue weighted by Crippen LogP contribution is 2.22. The third-order valence-corrected chi connectivity index (χ3v) is 3.48. The van der Waals surface area contributed by atoms with Crippen LogP contribution in [0.4, 0.5) is 0 Å². The van der Waals surface area contributed by atoms with Gasteiger partial charge in [0.05, 0.1) is 6.04 Å². The topological polar surface area (TPSA) is 26.0 Å². The standard InChI is InChI=1S/C11H10INS.ClH/c12-10-3-1-2-8(6-10)11(13)9-4-5-14-7-9;/h1-7,11H,13H2;1H/t11-;/m1./s1. The maximum absolute atomic E-state index is 6.13. The molecule has 0 aliphatic carbocycles. The smallest absolute Gasteiger partial charge is 0.0560 e. The van der Waals surface area contributed by atoms with E-state index in [9.17, 15) is 0 Å². The average Bonchev–Trinajstić information content (AvgIpc) is 2.69. The van der Waals surface area contributed by atoms with Crippen molar-refractivity contribution in [3.8, 4) is 0 Å². The lowest BCUT2D eigenvalue weighted by Gasteiger charge is -2.10. The van der Waals surface area contributed by atoms with Crippen molar-refractivity contribution < 1.29 is 0 Å².